The molecule has 0 unspecified atom stereocenters. The van der Waals surface area contributed by atoms with Crippen LogP contribution in [0.3, 0.4) is 0 Å². The molecule has 136 valence electrons. The van der Waals surface area contributed by atoms with Crippen LogP contribution in [0.1, 0.15) is 19.4 Å². The Balaban J connectivity index is 2.82. The number of benzene rings is 1. The van der Waals surface area contributed by atoms with Crippen molar-refractivity contribution in [2.75, 3.05) is 13.7 Å². The molecule has 25 heavy (non-hydrogen) atoms. The van der Waals surface area contributed by atoms with Crippen molar-refractivity contribution in [2.45, 2.75) is 19.9 Å². The topological polar surface area (TPSA) is 129 Å². The minimum atomic E-state index is -1.37. The number of aliphatic carboxylic acids is 1. The lowest BCUT2D eigenvalue weighted by Crippen LogP contribution is -2.41. The van der Waals surface area contributed by atoms with Crippen LogP contribution >= 0.6 is 15.9 Å². The van der Waals surface area contributed by atoms with Gasteiger partial charge in [-0.25, -0.2) is 5.43 Å². The van der Waals surface area contributed by atoms with Crippen LogP contribution in [0.25, 0.3) is 0 Å². The highest BCUT2D eigenvalue weighted by Gasteiger charge is 2.14. The fourth-order valence-electron chi connectivity index (χ4n) is 1.63. The zero-order chi connectivity index (χ0) is 19.0. The van der Waals surface area contributed by atoms with Gasteiger partial charge in [-0.15, -0.1) is 0 Å². The molecule has 1 aromatic carbocycles. The molecular weight excluding hydrogens is 398 g/mol. The Bertz CT molecular complexity index is 690. The first-order valence-corrected chi connectivity index (χ1v) is 7.88. The van der Waals surface area contributed by atoms with Gasteiger partial charge in [-0.3, -0.25) is 9.59 Å². The molecular formula is C15H17BrN3O6-. The standard InChI is InChI=1S/C15H18BrN3O6/c1-8(2)18-14(22)15(23)19-17-6-9-4-10(16)13(11(5-9)24-3)25-7-12(20)21/h4-6,8H,7H2,1-3H3,(H,18,22)(H,19,23)(H,20,21)/p-1/b17-6-. The molecule has 0 atom stereocenters. The molecule has 10 heteroatoms. The number of carboxylic acids is 1. The summed E-state index contributed by atoms with van der Waals surface area (Å²) in [5.41, 5.74) is 2.60. The van der Waals surface area contributed by atoms with Crippen LogP contribution in [-0.2, 0) is 14.4 Å². The largest absolute Gasteiger partial charge is 0.546 e. The van der Waals surface area contributed by atoms with Gasteiger partial charge in [0.25, 0.3) is 0 Å². The van der Waals surface area contributed by atoms with E-state index in [1.807, 2.05) is 0 Å². The number of nitrogens with zero attached hydrogens (tertiary/aromatic N) is 1. The zero-order valence-electron chi connectivity index (χ0n) is 13.8. The number of hydrogen-bond donors (Lipinski definition) is 2. The van der Waals surface area contributed by atoms with Crippen LogP contribution in [0, 0.1) is 0 Å². The Morgan fingerprint density at radius 2 is 2.00 bits per heavy atom. The summed E-state index contributed by atoms with van der Waals surface area (Å²) < 4.78 is 10.6. The third-order valence-corrected chi connectivity index (χ3v) is 3.18. The fraction of sp³-hybridized carbons (Fsp3) is 0.333. The van der Waals surface area contributed by atoms with Gasteiger partial charge in [0, 0.05) is 6.04 Å². The van der Waals surface area contributed by atoms with Gasteiger partial charge >= 0.3 is 11.8 Å². The van der Waals surface area contributed by atoms with Crippen molar-refractivity contribution in [1.29, 1.82) is 0 Å². The van der Waals surface area contributed by atoms with Gasteiger partial charge in [0.15, 0.2) is 11.5 Å². The number of carbonyl (C=O) groups is 3. The Labute approximate surface area is 152 Å². The van der Waals surface area contributed by atoms with Crippen molar-refractivity contribution < 1.29 is 29.0 Å². The maximum absolute atomic E-state index is 11.5. The number of rotatable bonds is 7. The van der Waals surface area contributed by atoms with Gasteiger partial charge in [-0.1, -0.05) is 0 Å². The third-order valence-electron chi connectivity index (χ3n) is 2.59. The van der Waals surface area contributed by atoms with Crippen LogP contribution in [0.5, 0.6) is 11.5 Å². The number of amides is 2. The smallest absolute Gasteiger partial charge is 0.329 e. The van der Waals surface area contributed by atoms with Crippen molar-refractivity contribution in [3.8, 4) is 11.5 Å². The molecule has 0 aliphatic rings. The number of carboxylic acid groups (broad SMARTS) is 1. The van der Waals surface area contributed by atoms with Crippen molar-refractivity contribution in [3.63, 3.8) is 0 Å². The second-order valence-corrected chi connectivity index (χ2v) is 5.88. The second kappa shape index (κ2) is 9.62. The molecule has 9 nitrogen and oxygen atoms in total. The van der Waals surface area contributed by atoms with E-state index in [2.05, 4.69) is 31.8 Å². The Morgan fingerprint density at radius 3 is 2.56 bits per heavy atom. The minimum Gasteiger partial charge on any atom is -0.546 e. The Kier molecular flexibility index (Phi) is 7.86. The molecule has 0 heterocycles. The molecule has 0 aliphatic heterocycles. The van der Waals surface area contributed by atoms with Gasteiger partial charge in [-0.2, -0.15) is 5.10 Å². The summed E-state index contributed by atoms with van der Waals surface area (Å²) in [6, 6.07) is 2.91. The molecule has 2 N–H and O–H groups in total. The molecule has 0 aromatic heterocycles. The van der Waals surface area contributed by atoms with Gasteiger partial charge in [0.2, 0.25) is 0 Å². The lowest BCUT2D eigenvalue weighted by atomic mass is 10.2. The minimum absolute atomic E-state index is 0.170. The monoisotopic (exact) mass is 414 g/mol. The SMILES string of the molecule is COc1cc(/C=N\NC(=O)C(=O)NC(C)C)cc(Br)c1OCC(=O)[O-]. The molecule has 2 amide bonds. The maximum Gasteiger partial charge on any atom is 0.329 e. The number of ether oxygens (including phenoxy) is 2. The molecule has 0 bridgehead atoms. The molecule has 0 spiro atoms. The van der Waals surface area contributed by atoms with Gasteiger partial charge in [-0.05, 0) is 47.5 Å². The van der Waals surface area contributed by atoms with Crippen molar-refractivity contribution in [2.24, 2.45) is 5.10 Å². The summed E-state index contributed by atoms with van der Waals surface area (Å²) in [6.45, 7) is 2.81. The summed E-state index contributed by atoms with van der Waals surface area (Å²) in [7, 11) is 1.38. The van der Waals surface area contributed by atoms with E-state index < -0.39 is 24.4 Å². The molecule has 0 saturated carbocycles. The lowest BCUT2D eigenvalue weighted by Gasteiger charge is -2.13. The quantitative estimate of drug-likeness (QED) is 0.353. The molecule has 0 saturated heterocycles. The predicted molar refractivity (Wildman–Crippen MR) is 90.2 cm³/mol. The average Bonchev–Trinajstić information content (AvgIpc) is 2.52. The number of hydrazone groups is 1. The van der Waals surface area contributed by atoms with Gasteiger partial charge in [0.1, 0.15) is 6.61 Å². The van der Waals surface area contributed by atoms with E-state index in [4.69, 9.17) is 9.47 Å². The predicted octanol–water partition coefficient (Wildman–Crippen LogP) is -0.439. The summed E-state index contributed by atoms with van der Waals surface area (Å²) in [5.74, 6) is -2.63. The van der Waals surface area contributed by atoms with Crippen LogP contribution in [-0.4, -0.2) is 43.8 Å². The van der Waals surface area contributed by atoms with Gasteiger partial charge in [0.05, 0.1) is 23.8 Å². The summed E-state index contributed by atoms with van der Waals surface area (Å²) in [5, 5.41) is 16.6. The van der Waals surface area contributed by atoms with E-state index in [-0.39, 0.29) is 17.5 Å². The number of carbonyl (C=O) groups excluding carboxylic acids is 3. The highest BCUT2D eigenvalue weighted by molar-refractivity contribution is 9.10. The Hall–Kier alpha value is -2.62. The highest BCUT2D eigenvalue weighted by atomic mass is 79.9. The molecule has 0 fully saturated rings. The fourth-order valence-corrected chi connectivity index (χ4v) is 2.20. The van der Waals surface area contributed by atoms with E-state index in [1.165, 1.54) is 19.4 Å². The second-order valence-electron chi connectivity index (χ2n) is 5.02. The molecule has 1 rings (SSSR count). The van der Waals surface area contributed by atoms with E-state index in [1.54, 1.807) is 19.9 Å². The van der Waals surface area contributed by atoms with E-state index >= 15 is 0 Å². The first kappa shape index (κ1) is 20.4. The maximum atomic E-state index is 11.5. The number of halogens is 1. The number of nitrogens with one attached hydrogen (secondary N) is 2. The number of methoxy groups -OCH3 is 1. The molecule has 1 aromatic rings. The average molecular weight is 415 g/mol. The molecule has 0 radical (unpaired) electrons. The molecule has 0 aliphatic carbocycles. The van der Waals surface area contributed by atoms with Crippen molar-refractivity contribution in [3.05, 3.63) is 22.2 Å². The number of hydrogen-bond acceptors (Lipinski definition) is 7. The van der Waals surface area contributed by atoms with E-state index in [0.717, 1.165) is 0 Å². The van der Waals surface area contributed by atoms with E-state index in [9.17, 15) is 19.5 Å². The van der Waals surface area contributed by atoms with Crippen molar-refractivity contribution in [1.82, 2.24) is 10.7 Å². The summed E-state index contributed by atoms with van der Waals surface area (Å²) in [6.07, 6.45) is 1.29. The summed E-state index contributed by atoms with van der Waals surface area (Å²) in [4.78, 5) is 33.4. The van der Waals surface area contributed by atoms with Crippen LogP contribution in [0.2, 0.25) is 0 Å². The van der Waals surface area contributed by atoms with Crippen LogP contribution in [0.4, 0.5) is 0 Å². The normalized spacial score (nSPS) is 10.6. The van der Waals surface area contributed by atoms with Crippen molar-refractivity contribution >= 4 is 39.9 Å². The summed E-state index contributed by atoms with van der Waals surface area (Å²) >= 11 is 3.23. The van der Waals surface area contributed by atoms with Gasteiger partial charge < -0.3 is 24.7 Å². The van der Waals surface area contributed by atoms with E-state index in [0.29, 0.717) is 10.0 Å². The first-order valence-electron chi connectivity index (χ1n) is 7.08. The lowest BCUT2D eigenvalue weighted by molar-refractivity contribution is -0.307. The third kappa shape index (κ3) is 6.79. The Morgan fingerprint density at radius 1 is 1.32 bits per heavy atom. The first-order chi connectivity index (χ1) is 11.7. The van der Waals surface area contributed by atoms with Crippen LogP contribution < -0.4 is 25.3 Å². The van der Waals surface area contributed by atoms with Crippen LogP contribution in [0.15, 0.2) is 21.7 Å². The zero-order valence-corrected chi connectivity index (χ0v) is 15.4. The highest BCUT2D eigenvalue weighted by Crippen LogP contribution is 2.36.